The summed E-state index contributed by atoms with van der Waals surface area (Å²) in [6, 6.07) is 9.20. The molecule has 5 nitrogen and oxygen atoms in total. The van der Waals surface area contributed by atoms with Crippen LogP contribution in [0.1, 0.15) is 36.0 Å². The van der Waals surface area contributed by atoms with Crippen LogP contribution in [0.5, 0.6) is 0 Å². The number of ether oxygens (including phenoxy) is 1. The normalized spacial score (nSPS) is 20.5. The van der Waals surface area contributed by atoms with Crippen LogP contribution in [0.15, 0.2) is 51.5 Å². The predicted molar refractivity (Wildman–Crippen MR) is 101 cm³/mol. The summed E-state index contributed by atoms with van der Waals surface area (Å²) >= 11 is 1.49. The van der Waals surface area contributed by atoms with E-state index in [2.05, 4.69) is 5.32 Å². The number of morpholine rings is 1. The van der Waals surface area contributed by atoms with Gasteiger partial charge >= 0.3 is 0 Å². The zero-order valence-electron chi connectivity index (χ0n) is 14.6. The molecule has 1 aliphatic carbocycles. The largest absolute Gasteiger partial charge is 0.378 e. The third kappa shape index (κ3) is 3.44. The van der Waals surface area contributed by atoms with Crippen molar-refractivity contribution >= 4 is 23.5 Å². The number of nitrogens with one attached hydrogen (secondary N) is 1. The number of rotatable bonds is 3. The molecule has 4 rings (SSSR count). The summed E-state index contributed by atoms with van der Waals surface area (Å²) in [5.74, 6) is -0.186. The molecule has 0 atom stereocenters. The molecule has 0 unspecified atom stereocenters. The van der Waals surface area contributed by atoms with Crippen molar-refractivity contribution in [2.24, 2.45) is 0 Å². The number of ketones is 1. The highest BCUT2D eigenvalue weighted by atomic mass is 32.2. The number of amides is 1. The average molecular weight is 370 g/mol. The molecule has 1 aromatic rings. The second kappa shape index (κ2) is 7.68. The lowest BCUT2D eigenvalue weighted by Gasteiger charge is -2.33. The maximum Gasteiger partial charge on any atom is 0.271 e. The lowest BCUT2D eigenvalue weighted by molar-refractivity contribution is -0.131. The number of allylic oxidation sites excluding steroid dienone is 3. The van der Waals surface area contributed by atoms with Crippen molar-refractivity contribution in [3.05, 3.63) is 57.1 Å². The third-order valence-corrected chi connectivity index (χ3v) is 6.19. The smallest absolute Gasteiger partial charge is 0.271 e. The van der Waals surface area contributed by atoms with E-state index < -0.39 is 0 Å². The molecular formula is C20H22N2O3S. The van der Waals surface area contributed by atoms with Crippen LogP contribution >= 0.6 is 11.8 Å². The van der Waals surface area contributed by atoms with Gasteiger partial charge < -0.3 is 15.0 Å². The summed E-state index contributed by atoms with van der Waals surface area (Å²) in [6.07, 6.45) is 4.16. The summed E-state index contributed by atoms with van der Waals surface area (Å²) in [6.45, 7) is 2.21. The van der Waals surface area contributed by atoms with Crippen molar-refractivity contribution in [1.29, 1.82) is 0 Å². The fourth-order valence-electron chi connectivity index (χ4n) is 3.46. The number of Topliss-reactive ketones (excluding diaryl/α,β-unsaturated/α-hetero) is 1. The van der Waals surface area contributed by atoms with Gasteiger partial charge in [0.25, 0.3) is 5.91 Å². The van der Waals surface area contributed by atoms with Crippen LogP contribution in [0.4, 0.5) is 0 Å². The Bertz CT molecular complexity index is 780. The zero-order valence-corrected chi connectivity index (χ0v) is 15.4. The van der Waals surface area contributed by atoms with E-state index in [1.165, 1.54) is 16.7 Å². The van der Waals surface area contributed by atoms with Crippen LogP contribution in [0, 0.1) is 0 Å². The number of nitrogens with zero attached hydrogens (tertiary/aromatic N) is 1. The Kier molecular flexibility index (Phi) is 5.13. The van der Waals surface area contributed by atoms with Gasteiger partial charge in [-0.2, -0.15) is 0 Å². The number of hydrogen-bond donors (Lipinski definition) is 1. The molecule has 26 heavy (non-hydrogen) atoms. The minimum absolute atomic E-state index is 0.0863. The van der Waals surface area contributed by atoms with Gasteiger partial charge in [-0.1, -0.05) is 42.1 Å². The first-order valence-corrected chi connectivity index (χ1v) is 9.93. The van der Waals surface area contributed by atoms with Crippen molar-refractivity contribution in [1.82, 2.24) is 10.2 Å². The first kappa shape index (κ1) is 17.4. The lowest BCUT2D eigenvalue weighted by Crippen LogP contribution is -2.44. The molecule has 136 valence electrons. The van der Waals surface area contributed by atoms with Gasteiger partial charge in [0.2, 0.25) is 5.78 Å². The molecule has 1 N–H and O–H groups in total. The second-order valence-electron chi connectivity index (χ2n) is 6.64. The molecule has 1 saturated heterocycles. The molecule has 0 spiro atoms. The SMILES string of the molecule is O=C(C1=C(C(=O)N2CCOCC2)NC2=C(CCCC2)S1)c1ccccc1. The van der Waals surface area contributed by atoms with Crippen LogP contribution in [0.2, 0.25) is 0 Å². The quantitative estimate of drug-likeness (QED) is 0.829. The van der Waals surface area contributed by atoms with Crippen molar-refractivity contribution in [3.63, 3.8) is 0 Å². The van der Waals surface area contributed by atoms with Crippen LogP contribution in [-0.4, -0.2) is 42.9 Å². The van der Waals surface area contributed by atoms with Gasteiger partial charge in [0, 0.05) is 29.3 Å². The Hall–Kier alpha value is -2.05. The topological polar surface area (TPSA) is 58.6 Å². The minimum Gasteiger partial charge on any atom is -0.378 e. The average Bonchev–Trinajstić information content (AvgIpc) is 2.73. The van der Waals surface area contributed by atoms with Crippen molar-refractivity contribution < 1.29 is 14.3 Å². The first-order valence-electron chi connectivity index (χ1n) is 9.12. The Morgan fingerprint density at radius 1 is 1.04 bits per heavy atom. The molecule has 3 aliphatic rings. The molecule has 0 bridgehead atoms. The molecule has 0 radical (unpaired) electrons. The van der Waals surface area contributed by atoms with Crippen molar-refractivity contribution in [2.45, 2.75) is 25.7 Å². The maximum atomic E-state index is 13.1. The highest BCUT2D eigenvalue weighted by Gasteiger charge is 2.33. The molecule has 2 heterocycles. The summed E-state index contributed by atoms with van der Waals surface area (Å²) in [7, 11) is 0. The Morgan fingerprint density at radius 3 is 2.54 bits per heavy atom. The van der Waals surface area contributed by atoms with E-state index in [0.29, 0.717) is 42.5 Å². The van der Waals surface area contributed by atoms with E-state index in [-0.39, 0.29) is 11.7 Å². The molecular weight excluding hydrogens is 348 g/mol. The number of carbonyl (C=O) groups is 2. The summed E-state index contributed by atoms with van der Waals surface area (Å²) in [5, 5.41) is 3.34. The van der Waals surface area contributed by atoms with E-state index in [1.54, 1.807) is 17.0 Å². The maximum absolute atomic E-state index is 13.1. The monoisotopic (exact) mass is 370 g/mol. The Morgan fingerprint density at radius 2 is 1.77 bits per heavy atom. The van der Waals surface area contributed by atoms with Crippen LogP contribution in [0.25, 0.3) is 0 Å². The molecule has 0 aromatic heterocycles. The van der Waals surface area contributed by atoms with Gasteiger partial charge in [-0.25, -0.2) is 0 Å². The molecule has 1 amide bonds. The van der Waals surface area contributed by atoms with Gasteiger partial charge in [0.15, 0.2) is 0 Å². The third-order valence-electron chi connectivity index (χ3n) is 4.90. The standard InChI is InChI=1S/C20H22N2O3S/c23-18(14-6-2-1-3-7-14)19-17(20(24)22-10-12-25-13-11-22)21-15-8-4-5-9-16(15)26-19/h1-3,6-7,21H,4-5,8-13H2. The molecule has 1 fully saturated rings. The van der Waals surface area contributed by atoms with Crippen LogP contribution in [0.3, 0.4) is 0 Å². The molecule has 1 aromatic carbocycles. The number of thioether (sulfide) groups is 1. The van der Waals surface area contributed by atoms with Crippen LogP contribution < -0.4 is 5.32 Å². The summed E-state index contributed by atoms with van der Waals surface area (Å²) in [5.41, 5.74) is 2.16. The van der Waals surface area contributed by atoms with Gasteiger partial charge in [-0.15, -0.1) is 0 Å². The second-order valence-corrected chi connectivity index (χ2v) is 7.74. The fraction of sp³-hybridized carbons (Fsp3) is 0.400. The van der Waals surface area contributed by atoms with Crippen molar-refractivity contribution in [2.75, 3.05) is 26.3 Å². The van der Waals surface area contributed by atoms with Gasteiger partial charge in [0.05, 0.1) is 18.1 Å². The van der Waals surface area contributed by atoms with E-state index >= 15 is 0 Å². The van der Waals surface area contributed by atoms with Gasteiger partial charge in [-0.05, 0) is 25.7 Å². The summed E-state index contributed by atoms with van der Waals surface area (Å²) in [4.78, 5) is 29.8. The van der Waals surface area contributed by atoms with E-state index in [9.17, 15) is 9.59 Å². The highest BCUT2D eigenvalue weighted by molar-refractivity contribution is 8.07. The van der Waals surface area contributed by atoms with Gasteiger partial charge in [0.1, 0.15) is 5.70 Å². The van der Waals surface area contributed by atoms with E-state index in [1.807, 2.05) is 18.2 Å². The lowest BCUT2D eigenvalue weighted by atomic mass is 10.0. The summed E-state index contributed by atoms with van der Waals surface area (Å²) < 4.78 is 5.35. The van der Waals surface area contributed by atoms with Gasteiger partial charge in [-0.3, -0.25) is 9.59 Å². The number of carbonyl (C=O) groups excluding carboxylic acids is 2. The van der Waals surface area contributed by atoms with Crippen molar-refractivity contribution in [3.8, 4) is 0 Å². The minimum atomic E-state index is -0.0998. The Balaban J connectivity index is 1.69. The van der Waals surface area contributed by atoms with E-state index in [0.717, 1.165) is 31.4 Å². The van der Waals surface area contributed by atoms with E-state index in [4.69, 9.17) is 4.74 Å². The fourth-order valence-corrected chi connectivity index (χ4v) is 4.68. The molecule has 0 saturated carbocycles. The zero-order chi connectivity index (χ0) is 17.9. The molecule has 2 aliphatic heterocycles. The predicted octanol–water partition coefficient (Wildman–Crippen LogP) is 3.06. The molecule has 6 heteroatoms. The first-order chi connectivity index (χ1) is 12.7. The number of benzene rings is 1. The van der Waals surface area contributed by atoms with Crippen LogP contribution in [-0.2, 0) is 9.53 Å². The number of hydrogen-bond acceptors (Lipinski definition) is 5. The highest BCUT2D eigenvalue weighted by Crippen LogP contribution is 2.42. The Labute approximate surface area is 157 Å².